The van der Waals surface area contributed by atoms with Crippen molar-refractivity contribution in [3.63, 3.8) is 0 Å². The number of hydrogen-bond acceptors (Lipinski definition) is 9. The average molecular weight is 544 g/mol. The number of halogens is 1. The summed E-state index contributed by atoms with van der Waals surface area (Å²) in [5, 5.41) is 44.8. The summed E-state index contributed by atoms with van der Waals surface area (Å²) in [7, 11) is 3.10. The van der Waals surface area contributed by atoms with Crippen molar-refractivity contribution in [2.75, 3.05) is 33.7 Å². The molecule has 0 saturated carbocycles. The number of carbonyl (C=O) groups is 3. The van der Waals surface area contributed by atoms with Gasteiger partial charge in [-0.3, -0.25) is 19.3 Å². The summed E-state index contributed by atoms with van der Waals surface area (Å²) in [6.07, 6.45) is 3.12. The highest BCUT2D eigenvalue weighted by Gasteiger charge is 2.63. The van der Waals surface area contributed by atoms with Crippen molar-refractivity contribution in [3.05, 3.63) is 51.2 Å². The Hall–Kier alpha value is -3.28. The minimum atomic E-state index is -2.72. The highest BCUT2D eigenvalue weighted by Crippen LogP contribution is 2.52. The van der Waals surface area contributed by atoms with Gasteiger partial charge < -0.3 is 31.1 Å². The third-order valence-electron chi connectivity index (χ3n) is 8.87. The van der Waals surface area contributed by atoms with E-state index in [4.69, 9.17) is 5.73 Å². The van der Waals surface area contributed by atoms with Crippen LogP contribution in [-0.4, -0.2) is 93.1 Å². The van der Waals surface area contributed by atoms with E-state index in [0.717, 1.165) is 32.5 Å². The van der Waals surface area contributed by atoms with Gasteiger partial charge in [0.1, 0.15) is 28.7 Å². The normalized spacial score (nSPS) is 29.1. The van der Waals surface area contributed by atoms with Crippen molar-refractivity contribution in [2.24, 2.45) is 17.6 Å². The number of aryl methyl sites for hydroxylation is 1. The van der Waals surface area contributed by atoms with Crippen molar-refractivity contribution in [1.29, 1.82) is 0 Å². The van der Waals surface area contributed by atoms with Crippen LogP contribution in [-0.2, 0) is 22.4 Å². The van der Waals surface area contributed by atoms with E-state index in [1.807, 2.05) is 0 Å². The van der Waals surface area contributed by atoms with Gasteiger partial charge in [-0.15, -0.1) is 0 Å². The van der Waals surface area contributed by atoms with E-state index in [-0.39, 0.29) is 40.9 Å². The molecule has 11 heteroatoms. The number of Topliss-reactive ketones (excluding diaryl/α,β-unsaturated/α-hetero) is 2. The molecule has 1 heterocycles. The number of likely N-dealkylation sites (N-methyl/N-ethyl adjacent to an activating group) is 1. The molecular weight excluding hydrogens is 509 g/mol. The molecule has 0 spiro atoms. The number of amides is 1. The molecule has 0 radical (unpaired) electrons. The lowest BCUT2D eigenvalue weighted by Gasteiger charge is -2.50. The third kappa shape index (κ3) is 4.06. The standard InChI is InChI=1S/C28H34FN3O7/c1-31(2)21-16-11-14-10-15-17(29)12-13(6-5-9-32-7-3-4-8-32)22(33)19(15)23(34)18(14)25(36)28(16,39)26(37)20(24(21)35)27(30)38/h12,14,16,21,33,35-36,39H,3-11H2,1-2H3,(H2,30,38)/t14-,16-,21-,28-/m0/s1. The SMILES string of the molecule is CN(C)[C@@H]1C(O)=C(C(N)=O)C(=O)[C@@]2(O)C(O)=C3C(=O)c4c(O)c(CCCN5CCCC5)cc(F)c4C[C@H]3C[C@@H]12. The van der Waals surface area contributed by atoms with Crippen molar-refractivity contribution in [1.82, 2.24) is 9.80 Å². The van der Waals surface area contributed by atoms with E-state index in [0.29, 0.717) is 12.8 Å². The Kier molecular flexibility index (Phi) is 6.80. The molecule has 1 fully saturated rings. The molecule has 6 N–H and O–H groups in total. The first-order valence-electron chi connectivity index (χ1n) is 13.3. The number of allylic oxidation sites excluding steroid dienone is 1. The van der Waals surface area contributed by atoms with Crippen molar-refractivity contribution in [3.8, 4) is 5.75 Å². The lowest BCUT2D eigenvalue weighted by atomic mass is 9.58. The number of phenols is 1. The molecule has 4 aliphatic rings. The molecule has 0 unspecified atom stereocenters. The van der Waals surface area contributed by atoms with Crippen LogP contribution in [0.15, 0.2) is 28.7 Å². The first-order chi connectivity index (χ1) is 18.4. The zero-order valence-corrected chi connectivity index (χ0v) is 22.0. The molecule has 4 atom stereocenters. The summed E-state index contributed by atoms with van der Waals surface area (Å²) in [6.45, 7) is 2.78. The molecule has 1 aromatic carbocycles. The maximum absolute atomic E-state index is 15.4. The second-order valence-corrected chi connectivity index (χ2v) is 11.3. The molecule has 0 bridgehead atoms. The van der Waals surface area contributed by atoms with E-state index in [2.05, 4.69) is 4.90 Å². The number of phenolic OH excluding ortho intramolecular Hbond substituents is 1. The Morgan fingerprint density at radius 3 is 2.49 bits per heavy atom. The summed E-state index contributed by atoms with van der Waals surface area (Å²) in [4.78, 5) is 42.9. The van der Waals surface area contributed by atoms with Crippen LogP contribution in [0.2, 0.25) is 0 Å². The topological polar surface area (TPSA) is 165 Å². The van der Waals surface area contributed by atoms with E-state index < -0.39 is 63.9 Å². The third-order valence-corrected chi connectivity index (χ3v) is 8.87. The van der Waals surface area contributed by atoms with Gasteiger partial charge in [-0.2, -0.15) is 0 Å². The van der Waals surface area contributed by atoms with Gasteiger partial charge >= 0.3 is 0 Å². The summed E-state index contributed by atoms with van der Waals surface area (Å²) in [6, 6.07) is 0.159. The van der Waals surface area contributed by atoms with Gasteiger partial charge in [0.25, 0.3) is 5.91 Å². The first kappa shape index (κ1) is 27.3. The Bertz CT molecular complexity index is 1330. The van der Waals surface area contributed by atoms with Gasteiger partial charge in [-0.25, -0.2) is 4.39 Å². The number of nitrogens with zero attached hydrogens (tertiary/aromatic N) is 2. The smallest absolute Gasteiger partial charge is 0.255 e. The fraction of sp³-hybridized carbons (Fsp3) is 0.536. The van der Waals surface area contributed by atoms with Crippen LogP contribution in [0.1, 0.15) is 47.2 Å². The number of likely N-dealkylation sites (tertiary alicyclic amines) is 1. The van der Waals surface area contributed by atoms with Crippen LogP contribution in [0.25, 0.3) is 0 Å². The van der Waals surface area contributed by atoms with E-state index >= 15 is 4.39 Å². The maximum Gasteiger partial charge on any atom is 0.255 e. The number of rotatable bonds is 6. The van der Waals surface area contributed by atoms with Crippen molar-refractivity contribution in [2.45, 2.75) is 50.2 Å². The number of hydrogen-bond donors (Lipinski definition) is 5. The molecular formula is C28H34FN3O7. The fourth-order valence-corrected chi connectivity index (χ4v) is 7.02. The Labute approximate surface area is 225 Å². The summed E-state index contributed by atoms with van der Waals surface area (Å²) in [5.74, 6) is -8.03. The van der Waals surface area contributed by atoms with Gasteiger partial charge in [0.15, 0.2) is 11.4 Å². The van der Waals surface area contributed by atoms with Crippen LogP contribution in [0.3, 0.4) is 0 Å². The molecule has 10 nitrogen and oxygen atoms in total. The number of primary amides is 1. The Morgan fingerprint density at radius 2 is 1.87 bits per heavy atom. The number of ketones is 2. The van der Waals surface area contributed by atoms with Gasteiger partial charge in [0, 0.05) is 17.1 Å². The van der Waals surface area contributed by atoms with Crippen LogP contribution in [0.4, 0.5) is 4.39 Å². The molecule has 39 heavy (non-hydrogen) atoms. The maximum atomic E-state index is 15.4. The largest absolute Gasteiger partial charge is 0.510 e. The molecule has 5 rings (SSSR count). The summed E-state index contributed by atoms with van der Waals surface area (Å²) >= 11 is 0. The zero-order chi connectivity index (χ0) is 28.4. The van der Waals surface area contributed by atoms with Crippen LogP contribution >= 0.6 is 0 Å². The van der Waals surface area contributed by atoms with Gasteiger partial charge in [-0.05, 0) is 89.8 Å². The van der Waals surface area contributed by atoms with E-state index in [1.54, 1.807) is 14.1 Å². The summed E-state index contributed by atoms with van der Waals surface area (Å²) < 4.78 is 15.4. The number of aliphatic hydroxyl groups is 3. The molecule has 1 saturated heterocycles. The molecule has 0 aromatic heterocycles. The molecule has 1 amide bonds. The lowest BCUT2D eigenvalue weighted by Crippen LogP contribution is -2.63. The number of fused-ring (bicyclic) bond motifs is 3. The van der Waals surface area contributed by atoms with Gasteiger partial charge in [-0.1, -0.05) is 0 Å². The molecule has 1 aromatic rings. The number of benzene rings is 1. The van der Waals surface area contributed by atoms with Gasteiger partial charge in [0.05, 0.1) is 11.6 Å². The molecule has 1 aliphatic heterocycles. The van der Waals surface area contributed by atoms with E-state index in [9.17, 15) is 34.8 Å². The monoisotopic (exact) mass is 543 g/mol. The zero-order valence-electron chi connectivity index (χ0n) is 22.0. The molecule has 210 valence electrons. The molecule has 3 aliphatic carbocycles. The van der Waals surface area contributed by atoms with E-state index in [1.165, 1.54) is 11.0 Å². The average Bonchev–Trinajstić information content (AvgIpc) is 3.37. The van der Waals surface area contributed by atoms with Crippen LogP contribution in [0.5, 0.6) is 5.75 Å². The quantitative estimate of drug-likeness (QED) is 0.333. The predicted octanol–water partition coefficient (Wildman–Crippen LogP) is 1.29. The fourth-order valence-electron chi connectivity index (χ4n) is 7.02. The second kappa shape index (κ2) is 9.72. The Morgan fingerprint density at radius 1 is 1.21 bits per heavy atom. The van der Waals surface area contributed by atoms with Gasteiger partial charge in [0.2, 0.25) is 5.78 Å². The first-order valence-corrected chi connectivity index (χ1v) is 13.3. The number of aromatic hydroxyl groups is 1. The van der Waals surface area contributed by atoms with Crippen molar-refractivity contribution < 1.29 is 39.2 Å². The number of aliphatic hydroxyl groups excluding tert-OH is 2. The van der Waals surface area contributed by atoms with Crippen LogP contribution < -0.4 is 5.73 Å². The Balaban J connectivity index is 1.56. The summed E-state index contributed by atoms with van der Waals surface area (Å²) in [5.41, 5.74) is 1.47. The predicted molar refractivity (Wildman–Crippen MR) is 138 cm³/mol. The number of carbonyl (C=O) groups excluding carboxylic acids is 3. The van der Waals surface area contributed by atoms with Crippen molar-refractivity contribution >= 4 is 17.5 Å². The van der Waals surface area contributed by atoms with Crippen LogP contribution in [0, 0.1) is 17.7 Å². The lowest BCUT2D eigenvalue weighted by molar-refractivity contribution is -0.148. The number of nitrogens with two attached hydrogens (primary N) is 1. The highest BCUT2D eigenvalue weighted by atomic mass is 19.1. The minimum absolute atomic E-state index is 0.00825. The minimum Gasteiger partial charge on any atom is -0.510 e. The second-order valence-electron chi connectivity index (χ2n) is 11.3. The highest BCUT2D eigenvalue weighted by molar-refractivity contribution is 6.24.